The number of hydrogen-bond donors (Lipinski definition) is 0. The van der Waals surface area contributed by atoms with Crippen molar-refractivity contribution >= 4 is 5.97 Å². The quantitative estimate of drug-likeness (QED) is 0.473. The van der Waals surface area contributed by atoms with Gasteiger partial charge in [0.15, 0.2) is 0 Å². The van der Waals surface area contributed by atoms with E-state index in [0.29, 0.717) is 19.1 Å². The summed E-state index contributed by atoms with van der Waals surface area (Å²) in [4.78, 5) is 14.5. The van der Waals surface area contributed by atoms with Crippen LogP contribution in [-0.2, 0) is 20.7 Å². The molecule has 0 bridgehead atoms. The van der Waals surface area contributed by atoms with Gasteiger partial charge >= 0.3 is 5.97 Å². The molecule has 1 aliphatic carbocycles. The molecule has 1 heterocycles. The molecule has 5 nitrogen and oxygen atoms in total. The van der Waals surface area contributed by atoms with Gasteiger partial charge in [0, 0.05) is 18.9 Å². The van der Waals surface area contributed by atoms with Crippen molar-refractivity contribution in [2.75, 3.05) is 13.2 Å². The smallest absolute Gasteiger partial charge is 0.302 e. The predicted molar refractivity (Wildman–Crippen MR) is 128 cm³/mol. The highest BCUT2D eigenvalue weighted by atomic mass is 16.5. The van der Waals surface area contributed by atoms with Crippen LogP contribution in [0.1, 0.15) is 57.1 Å². The summed E-state index contributed by atoms with van der Waals surface area (Å²) >= 11 is 0. The zero-order valence-electron chi connectivity index (χ0n) is 19.9. The summed E-state index contributed by atoms with van der Waals surface area (Å²) in [7, 11) is 0. The Kier molecular flexibility index (Phi) is 10.5. The lowest BCUT2D eigenvalue weighted by Gasteiger charge is -2.05. The highest BCUT2D eigenvalue weighted by molar-refractivity contribution is 5.65. The molecule has 0 amide bonds. The van der Waals surface area contributed by atoms with E-state index < -0.39 is 0 Å². The van der Waals surface area contributed by atoms with Crippen molar-refractivity contribution < 1.29 is 18.7 Å². The molecule has 1 aromatic heterocycles. The van der Waals surface area contributed by atoms with Crippen LogP contribution in [0, 0.1) is 13.8 Å². The van der Waals surface area contributed by atoms with Crippen LogP contribution in [0.3, 0.4) is 0 Å². The van der Waals surface area contributed by atoms with Crippen molar-refractivity contribution in [3.63, 3.8) is 0 Å². The van der Waals surface area contributed by atoms with Crippen LogP contribution in [-0.4, -0.2) is 24.2 Å². The van der Waals surface area contributed by atoms with Gasteiger partial charge in [0.1, 0.15) is 11.5 Å². The van der Waals surface area contributed by atoms with E-state index in [1.807, 2.05) is 19.1 Å². The summed E-state index contributed by atoms with van der Waals surface area (Å²) in [6.07, 6.45) is 12.6. The molecule has 0 aliphatic heterocycles. The van der Waals surface area contributed by atoms with E-state index >= 15 is 0 Å². The van der Waals surface area contributed by atoms with E-state index in [-0.39, 0.29) is 5.97 Å². The van der Waals surface area contributed by atoms with Gasteiger partial charge in [-0.05, 0) is 71.2 Å². The zero-order valence-corrected chi connectivity index (χ0v) is 19.9. The third-order valence-corrected chi connectivity index (χ3v) is 4.90. The first kappa shape index (κ1) is 25.2. The lowest BCUT2D eigenvalue weighted by Crippen LogP contribution is -1.99. The SMILES string of the molecule is CCOC(C)=O.C\C1=C/C=C(OCCc2nc(-c3ccc(C)cc3)oc2C)\C=C\CCC1. The van der Waals surface area contributed by atoms with Gasteiger partial charge in [-0.25, -0.2) is 4.98 Å². The second-order valence-corrected chi connectivity index (χ2v) is 7.79. The molecule has 1 aromatic carbocycles. The third kappa shape index (κ3) is 8.96. The monoisotopic (exact) mass is 437 g/mol. The minimum atomic E-state index is -0.211. The van der Waals surface area contributed by atoms with E-state index in [1.165, 1.54) is 24.5 Å². The first-order chi connectivity index (χ1) is 15.4. The summed E-state index contributed by atoms with van der Waals surface area (Å²) in [5, 5.41) is 0. The Balaban J connectivity index is 0.000000534. The van der Waals surface area contributed by atoms with Crippen LogP contribution in [0.15, 0.2) is 64.3 Å². The van der Waals surface area contributed by atoms with Crippen LogP contribution in [0.4, 0.5) is 0 Å². The standard InChI is InChI=1S/C23H27NO2.C4H8O2/c1-17-7-5-4-6-8-21(14-11-17)25-16-15-22-19(3)26-23(24-22)20-12-9-18(2)10-13-20;1-3-6-4(2)5/h6,8-14H,4-5,7,15-16H2,1-3H3;3H2,1-2H3/b8-6+,17-11+,21-14+;. The lowest BCUT2D eigenvalue weighted by molar-refractivity contribution is -0.140. The second-order valence-electron chi connectivity index (χ2n) is 7.79. The van der Waals surface area contributed by atoms with Crippen LogP contribution in [0.5, 0.6) is 0 Å². The Hall–Kier alpha value is -3.08. The number of hydrogen-bond acceptors (Lipinski definition) is 5. The van der Waals surface area contributed by atoms with E-state index in [2.05, 4.69) is 60.0 Å². The van der Waals surface area contributed by atoms with Crippen LogP contribution in [0.2, 0.25) is 0 Å². The number of aromatic nitrogens is 1. The number of allylic oxidation sites excluding steroid dienone is 5. The molecule has 0 spiro atoms. The van der Waals surface area contributed by atoms with Gasteiger partial charge in [-0.1, -0.05) is 35.4 Å². The minimum absolute atomic E-state index is 0.211. The molecule has 0 fully saturated rings. The Labute approximate surface area is 191 Å². The number of aryl methyl sites for hydroxylation is 2. The molecule has 0 atom stereocenters. The van der Waals surface area contributed by atoms with Gasteiger partial charge in [-0.2, -0.15) is 0 Å². The number of carbonyl (C=O) groups is 1. The molecule has 172 valence electrons. The fourth-order valence-electron chi connectivity index (χ4n) is 3.11. The van der Waals surface area contributed by atoms with Crippen LogP contribution in [0.25, 0.3) is 11.5 Å². The molecule has 1 aliphatic rings. The first-order valence-corrected chi connectivity index (χ1v) is 11.2. The van der Waals surface area contributed by atoms with E-state index in [4.69, 9.17) is 9.15 Å². The largest absolute Gasteiger partial charge is 0.493 e. The Morgan fingerprint density at radius 1 is 1.12 bits per heavy atom. The molecule has 0 saturated carbocycles. The average molecular weight is 438 g/mol. The van der Waals surface area contributed by atoms with Gasteiger partial charge < -0.3 is 13.9 Å². The summed E-state index contributed by atoms with van der Waals surface area (Å²) < 4.78 is 16.2. The molecule has 0 radical (unpaired) electrons. The van der Waals surface area contributed by atoms with Crippen molar-refractivity contribution in [1.29, 1.82) is 0 Å². The molecule has 3 rings (SSSR count). The normalized spacial score (nSPS) is 17.8. The highest BCUT2D eigenvalue weighted by Crippen LogP contribution is 2.22. The summed E-state index contributed by atoms with van der Waals surface area (Å²) in [5.74, 6) is 2.24. The number of benzene rings is 1. The molecule has 2 aromatic rings. The maximum atomic E-state index is 9.82. The number of esters is 1. The topological polar surface area (TPSA) is 61.6 Å². The second kappa shape index (κ2) is 13.4. The lowest BCUT2D eigenvalue weighted by atomic mass is 10.1. The van der Waals surface area contributed by atoms with Crippen molar-refractivity contribution in [3.8, 4) is 11.5 Å². The molecular formula is C27H35NO4. The van der Waals surface area contributed by atoms with Gasteiger partial charge in [-0.3, -0.25) is 4.79 Å². The maximum Gasteiger partial charge on any atom is 0.302 e. The summed E-state index contributed by atoms with van der Waals surface area (Å²) in [6, 6.07) is 8.23. The number of carbonyl (C=O) groups excluding carboxylic acids is 1. The molecule has 0 unspecified atom stereocenters. The molecule has 32 heavy (non-hydrogen) atoms. The van der Waals surface area contributed by atoms with Crippen LogP contribution >= 0.6 is 0 Å². The fourth-order valence-corrected chi connectivity index (χ4v) is 3.11. The van der Waals surface area contributed by atoms with Gasteiger partial charge in [-0.15, -0.1) is 0 Å². The molecular weight excluding hydrogens is 402 g/mol. The zero-order chi connectivity index (χ0) is 23.3. The van der Waals surface area contributed by atoms with Gasteiger partial charge in [0.2, 0.25) is 5.89 Å². The Morgan fingerprint density at radius 3 is 2.53 bits per heavy atom. The van der Waals surface area contributed by atoms with Crippen molar-refractivity contribution in [2.24, 2.45) is 0 Å². The van der Waals surface area contributed by atoms with Crippen molar-refractivity contribution in [1.82, 2.24) is 4.98 Å². The van der Waals surface area contributed by atoms with Crippen molar-refractivity contribution in [3.05, 3.63) is 76.9 Å². The van der Waals surface area contributed by atoms with Crippen molar-refractivity contribution in [2.45, 2.75) is 60.3 Å². The summed E-state index contributed by atoms with van der Waals surface area (Å²) in [6.45, 7) is 10.4. The molecule has 5 heteroatoms. The predicted octanol–water partition coefficient (Wildman–Crippen LogP) is 6.66. The Bertz CT molecular complexity index is 949. The van der Waals surface area contributed by atoms with E-state index in [0.717, 1.165) is 42.0 Å². The average Bonchev–Trinajstić information content (AvgIpc) is 3.16. The maximum absolute atomic E-state index is 9.82. The van der Waals surface area contributed by atoms with Gasteiger partial charge in [0.25, 0.3) is 0 Å². The number of oxazole rings is 1. The fraction of sp³-hybridized carbons (Fsp3) is 0.407. The Morgan fingerprint density at radius 2 is 1.88 bits per heavy atom. The number of rotatable bonds is 6. The first-order valence-electron chi connectivity index (χ1n) is 11.2. The van der Waals surface area contributed by atoms with E-state index in [9.17, 15) is 4.79 Å². The minimum Gasteiger partial charge on any atom is -0.493 e. The molecule has 0 N–H and O–H groups in total. The highest BCUT2D eigenvalue weighted by Gasteiger charge is 2.11. The summed E-state index contributed by atoms with van der Waals surface area (Å²) in [5.41, 5.74) is 4.59. The van der Waals surface area contributed by atoms with Gasteiger partial charge in [0.05, 0.1) is 18.9 Å². The van der Waals surface area contributed by atoms with Crippen LogP contribution < -0.4 is 0 Å². The van der Waals surface area contributed by atoms with E-state index in [1.54, 1.807) is 6.92 Å². The number of nitrogens with zero attached hydrogens (tertiary/aromatic N) is 1. The number of ether oxygens (including phenoxy) is 2. The third-order valence-electron chi connectivity index (χ3n) is 4.90. The molecule has 0 saturated heterocycles.